The summed E-state index contributed by atoms with van der Waals surface area (Å²) in [5, 5.41) is 14.9. The van der Waals surface area contributed by atoms with Gasteiger partial charge in [0.05, 0.1) is 19.8 Å². The summed E-state index contributed by atoms with van der Waals surface area (Å²) in [6.45, 7) is 0. The van der Waals surface area contributed by atoms with Crippen molar-refractivity contribution in [3.8, 4) is 5.75 Å². The van der Waals surface area contributed by atoms with Gasteiger partial charge in [-0.25, -0.2) is 4.79 Å². The van der Waals surface area contributed by atoms with Crippen LogP contribution in [0.15, 0.2) is 59.8 Å². The molecule has 0 unspecified atom stereocenters. The third-order valence-electron chi connectivity index (χ3n) is 4.69. The van der Waals surface area contributed by atoms with E-state index in [0.29, 0.717) is 21.9 Å². The number of aromatic nitrogens is 4. The number of carbonyl (C=O) groups is 2. The van der Waals surface area contributed by atoms with Crippen LogP contribution in [0, 0.1) is 0 Å². The van der Waals surface area contributed by atoms with Crippen LogP contribution < -0.4 is 10.1 Å². The average molecular weight is 426 g/mol. The number of tetrazole rings is 1. The third-order valence-corrected chi connectivity index (χ3v) is 4.94. The van der Waals surface area contributed by atoms with E-state index in [2.05, 4.69) is 20.8 Å². The lowest BCUT2D eigenvalue weighted by molar-refractivity contribution is -0.136. The van der Waals surface area contributed by atoms with Gasteiger partial charge >= 0.3 is 5.97 Å². The van der Waals surface area contributed by atoms with Crippen molar-refractivity contribution < 1.29 is 19.1 Å². The number of ether oxygens (including phenoxy) is 2. The molecule has 2 heterocycles. The Morgan fingerprint density at radius 2 is 1.77 bits per heavy atom. The van der Waals surface area contributed by atoms with Crippen molar-refractivity contribution in [3.05, 3.63) is 76.0 Å². The lowest BCUT2D eigenvalue weighted by atomic mass is 9.89. The summed E-state index contributed by atoms with van der Waals surface area (Å²) in [4.78, 5) is 26.1. The first kappa shape index (κ1) is 19.6. The zero-order chi connectivity index (χ0) is 21.3. The molecule has 1 atom stereocenters. The second-order valence-electron chi connectivity index (χ2n) is 6.36. The van der Waals surface area contributed by atoms with Crippen molar-refractivity contribution in [2.75, 3.05) is 19.5 Å². The van der Waals surface area contributed by atoms with E-state index in [-0.39, 0.29) is 23.0 Å². The number of hydrogen-bond donors (Lipinski definition) is 1. The fraction of sp³-hybridized carbons (Fsp3) is 0.150. The Kier molecular flexibility index (Phi) is 5.20. The molecule has 3 aromatic rings. The first-order valence-electron chi connectivity index (χ1n) is 8.85. The van der Waals surface area contributed by atoms with Gasteiger partial charge in [0, 0.05) is 10.6 Å². The van der Waals surface area contributed by atoms with Crippen LogP contribution in [0.1, 0.15) is 22.0 Å². The maximum Gasteiger partial charge on any atom is 0.355 e. The van der Waals surface area contributed by atoms with Gasteiger partial charge < -0.3 is 14.8 Å². The van der Waals surface area contributed by atoms with Gasteiger partial charge in [-0.15, -0.1) is 0 Å². The van der Waals surface area contributed by atoms with Gasteiger partial charge in [-0.2, -0.15) is 4.68 Å². The van der Waals surface area contributed by atoms with E-state index in [4.69, 9.17) is 21.1 Å². The molecule has 152 valence electrons. The molecule has 0 radical (unpaired) electrons. The van der Waals surface area contributed by atoms with Crippen LogP contribution in [0.3, 0.4) is 0 Å². The summed E-state index contributed by atoms with van der Waals surface area (Å²) in [7, 11) is 2.77. The van der Waals surface area contributed by atoms with E-state index in [1.54, 1.807) is 48.5 Å². The van der Waals surface area contributed by atoms with E-state index in [0.717, 1.165) is 0 Å². The summed E-state index contributed by atoms with van der Waals surface area (Å²) in [5.74, 6) is -0.277. The number of anilines is 1. The van der Waals surface area contributed by atoms with Crippen molar-refractivity contribution >= 4 is 29.3 Å². The molecular weight excluding hydrogens is 410 g/mol. The number of ketones is 1. The molecule has 0 saturated heterocycles. The fourth-order valence-corrected chi connectivity index (χ4v) is 3.37. The molecule has 2 aromatic carbocycles. The van der Waals surface area contributed by atoms with Crippen LogP contribution in [-0.2, 0) is 9.53 Å². The lowest BCUT2D eigenvalue weighted by Crippen LogP contribution is -2.32. The standard InChI is InChI=1S/C20H16ClN5O4/c1-29-14-9-5-12(6-10-14)18(27)15-16(19(28)30-2)22-20-23-24-25-26(20)17(15)11-3-7-13(21)8-4-11/h3-10,17H,1-2H3,(H,22,23,25)/t17-/m1/s1. The minimum absolute atomic E-state index is 0.0273. The van der Waals surface area contributed by atoms with Crippen LogP contribution in [0.5, 0.6) is 5.75 Å². The highest BCUT2D eigenvalue weighted by Crippen LogP contribution is 2.37. The second kappa shape index (κ2) is 7.96. The van der Waals surface area contributed by atoms with Crippen LogP contribution >= 0.6 is 11.6 Å². The number of rotatable bonds is 5. The maximum atomic E-state index is 13.6. The highest BCUT2D eigenvalue weighted by molar-refractivity contribution is 6.30. The number of carbonyl (C=O) groups excluding carboxylic acids is 2. The largest absolute Gasteiger partial charge is 0.497 e. The Balaban J connectivity index is 1.91. The molecule has 9 nitrogen and oxygen atoms in total. The van der Waals surface area contributed by atoms with E-state index in [1.165, 1.54) is 18.9 Å². The van der Waals surface area contributed by atoms with Crippen molar-refractivity contribution in [3.63, 3.8) is 0 Å². The minimum atomic E-state index is -0.766. The quantitative estimate of drug-likeness (QED) is 0.491. The average Bonchev–Trinajstić information content (AvgIpc) is 3.26. The number of halogens is 1. The first-order chi connectivity index (χ1) is 14.5. The van der Waals surface area contributed by atoms with Crippen molar-refractivity contribution in [2.24, 2.45) is 0 Å². The van der Waals surface area contributed by atoms with Gasteiger partial charge in [0.2, 0.25) is 5.95 Å². The SMILES string of the molecule is COC(=O)C1=C(C(=O)c2ccc(OC)cc2)[C@@H](c2ccc(Cl)cc2)n2nnnc2N1. The highest BCUT2D eigenvalue weighted by Gasteiger charge is 2.38. The summed E-state index contributed by atoms with van der Waals surface area (Å²) in [6, 6.07) is 12.7. The predicted molar refractivity (Wildman–Crippen MR) is 107 cm³/mol. The number of nitrogens with one attached hydrogen (secondary N) is 1. The van der Waals surface area contributed by atoms with E-state index in [1.807, 2.05) is 0 Å². The number of Topliss-reactive ketones (excluding diaryl/α,β-unsaturated/α-hetero) is 1. The molecule has 4 rings (SSSR count). The van der Waals surface area contributed by atoms with Gasteiger partial charge in [0.1, 0.15) is 17.5 Å². The molecule has 0 spiro atoms. The van der Waals surface area contributed by atoms with E-state index in [9.17, 15) is 9.59 Å². The predicted octanol–water partition coefficient (Wildman–Crippen LogP) is 2.66. The zero-order valence-corrected chi connectivity index (χ0v) is 16.8. The first-order valence-corrected chi connectivity index (χ1v) is 9.23. The zero-order valence-electron chi connectivity index (χ0n) is 16.0. The molecule has 0 aliphatic carbocycles. The van der Waals surface area contributed by atoms with E-state index >= 15 is 0 Å². The second-order valence-corrected chi connectivity index (χ2v) is 6.80. The highest BCUT2D eigenvalue weighted by atomic mass is 35.5. The number of methoxy groups -OCH3 is 2. The fourth-order valence-electron chi connectivity index (χ4n) is 3.24. The normalized spacial score (nSPS) is 15.2. The van der Waals surface area contributed by atoms with Crippen molar-refractivity contribution in [1.82, 2.24) is 20.2 Å². The Labute approximate surface area is 176 Å². The Hall–Kier alpha value is -3.72. The number of esters is 1. The number of allylic oxidation sites excluding steroid dienone is 1. The Bertz CT molecular complexity index is 1140. The molecule has 0 fully saturated rings. The number of fused-ring (bicyclic) bond motifs is 1. The van der Waals surface area contributed by atoms with Gasteiger partial charge in [-0.1, -0.05) is 28.8 Å². The van der Waals surface area contributed by atoms with Crippen molar-refractivity contribution in [1.29, 1.82) is 0 Å². The molecule has 0 saturated carbocycles. The Morgan fingerprint density at radius 1 is 1.07 bits per heavy atom. The number of hydrogen-bond acceptors (Lipinski definition) is 8. The molecule has 1 N–H and O–H groups in total. The lowest BCUT2D eigenvalue weighted by Gasteiger charge is -2.28. The number of nitrogens with zero attached hydrogens (tertiary/aromatic N) is 4. The summed E-state index contributed by atoms with van der Waals surface area (Å²) < 4.78 is 11.5. The van der Waals surface area contributed by atoms with Crippen LogP contribution in [0.4, 0.5) is 5.95 Å². The number of benzene rings is 2. The van der Waals surface area contributed by atoms with Gasteiger partial charge in [-0.05, 0) is 52.4 Å². The molecule has 1 aliphatic heterocycles. The molecule has 0 amide bonds. The Morgan fingerprint density at radius 3 is 2.40 bits per heavy atom. The van der Waals surface area contributed by atoms with E-state index < -0.39 is 12.0 Å². The molecular formula is C20H16ClN5O4. The molecule has 30 heavy (non-hydrogen) atoms. The molecule has 1 aromatic heterocycles. The monoisotopic (exact) mass is 425 g/mol. The van der Waals surface area contributed by atoms with Gasteiger partial charge in [0.25, 0.3) is 0 Å². The third kappa shape index (κ3) is 3.39. The summed E-state index contributed by atoms with van der Waals surface area (Å²) >= 11 is 6.03. The molecule has 0 bridgehead atoms. The van der Waals surface area contributed by atoms with Crippen LogP contribution in [0.2, 0.25) is 5.02 Å². The smallest absolute Gasteiger partial charge is 0.355 e. The van der Waals surface area contributed by atoms with Crippen molar-refractivity contribution in [2.45, 2.75) is 6.04 Å². The minimum Gasteiger partial charge on any atom is -0.497 e. The van der Waals surface area contributed by atoms with Crippen LogP contribution in [-0.4, -0.2) is 46.2 Å². The molecule has 1 aliphatic rings. The van der Waals surface area contributed by atoms with Crippen LogP contribution in [0.25, 0.3) is 0 Å². The van der Waals surface area contributed by atoms with Gasteiger partial charge in [0.15, 0.2) is 5.78 Å². The van der Waals surface area contributed by atoms with Gasteiger partial charge in [-0.3, -0.25) is 4.79 Å². The summed E-state index contributed by atoms with van der Waals surface area (Å²) in [6.07, 6.45) is 0. The topological polar surface area (TPSA) is 108 Å². The molecule has 10 heteroatoms. The maximum absolute atomic E-state index is 13.6. The summed E-state index contributed by atoms with van der Waals surface area (Å²) in [5.41, 5.74) is 1.16.